The van der Waals surface area contributed by atoms with Gasteiger partial charge < -0.3 is 15.1 Å². The SMILES string of the molecule is Oc1[nH]c2ccccc2c1C(=Nc1ccc(-c2cnc[nH]2)cc1)c1ccc(Br)cc1. The fourth-order valence-corrected chi connectivity index (χ4v) is 3.76. The predicted molar refractivity (Wildman–Crippen MR) is 123 cm³/mol. The Bertz CT molecular complexity index is 1330. The Balaban J connectivity index is 1.66. The molecule has 6 heteroatoms. The molecule has 0 aliphatic carbocycles. The lowest BCUT2D eigenvalue weighted by molar-refractivity contribution is 0.457. The highest BCUT2D eigenvalue weighted by molar-refractivity contribution is 9.10. The number of aromatic hydroxyl groups is 1. The largest absolute Gasteiger partial charge is 0.494 e. The zero-order valence-corrected chi connectivity index (χ0v) is 17.4. The Morgan fingerprint density at radius 3 is 2.43 bits per heavy atom. The number of para-hydroxylation sites is 1. The first-order valence-corrected chi connectivity index (χ1v) is 10.2. The molecule has 0 aliphatic rings. The molecule has 3 aromatic carbocycles. The zero-order valence-electron chi connectivity index (χ0n) is 15.8. The number of hydrogen-bond donors (Lipinski definition) is 3. The Morgan fingerprint density at radius 1 is 0.933 bits per heavy atom. The quantitative estimate of drug-likeness (QED) is 0.281. The smallest absolute Gasteiger partial charge is 0.199 e. The molecule has 0 atom stereocenters. The van der Waals surface area contributed by atoms with Gasteiger partial charge in [-0.3, -0.25) is 0 Å². The maximum Gasteiger partial charge on any atom is 0.199 e. The van der Waals surface area contributed by atoms with Crippen molar-refractivity contribution in [3.8, 4) is 17.1 Å². The van der Waals surface area contributed by atoms with Crippen LogP contribution >= 0.6 is 15.9 Å². The molecule has 0 unspecified atom stereocenters. The average molecular weight is 457 g/mol. The monoisotopic (exact) mass is 456 g/mol. The highest BCUT2D eigenvalue weighted by atomic mass is 79.9. The van der Waals surface area contributed by atoms with Crippen molar-refractivity contribution in [2.45, 2.75) is 0 Å². The molecule has 5 rings (SSSR count). The zero-order chi connectivity index (χ0) is 20.5. The number of halogens is 1. The molecule has 5 aromatic rings. The van der Waals surface area contributed by atoms with E-state index >= 15 is 0 Å². The lowest BCUT2D eigenvalue weighted by atomic mass is 10.0. The van der Waals surface area contributed by atoms with E-state index in [2.05, 4.69) is 30.9 Å². The highest BCUT2D eigenvalue weighted by Crippen LogP contribution is 2.32. The van der Waals surface area contributed by atoms with Crippen LogP contribution in [0.5, 0.6) is 5.88 Å². The van der Waals surface area contributed by atoms with E-state index < -0.39 is 0 Å². The minimum absolute atomic E-state index is 0.104. The van der Waals surface area contributed by atoms with Gasteiger partial charge in [0.15, 0.2) is 5.88 Å². The molecule has 146 valence electrons. The molecule has 0 spiro atoms. The predicted octanol–water partition coefficient (Wildman–Crippen LogP) is 6.20. The average Bonchev–Trinajstić information content (AvgIpc) is 3.41. The van der Waals surface area contributed by atoms with Crippen molar-refractivity contribution in [3.05, 3.63) is 101 Å². The van der Waals surface area contributed by atoms with Crippen molar-refractivity contribution in [3.63, 3.8) is 0 Å². The van der Waals surface area contributed by atoms with Crippen LogP contribution in [0.2, 0.25) is 0 Å². The van der Waals surface area contributed by atoms with E-state index in [-0.39, 0.29) is 5.88 Å². The van der Waals surface area contributed by atoms with Crippen LogP contribution in [0, 0.1) is 0 Å². The van der Waals surface area contributed by atoms with Crippen molar-refractivity contribution in [1.82, 2.24) is 15.0 Å². The van der Waals surface area contributed by atoms with E-state index in [9.17, 15) is 5.11 Å². The fourth-order valence-electron chi connectivity index (χ4n) is 3.50. The Morgan fingerprint density at radius 2 is 1.70 bits per heavy atom. The van der Waals surface area contributed by atoms with Crippen LogP contribution in [-0.4, -0.2) is 25.8 Å². The summed E-state index contributed by atoms with van der Waals surface area (Å²) < 4.78 is 0.984. The standard InChI is InChI=1S/C24H17BrN4O/c25-17-9-5-16(6-10-17)23(22-19-3-1-2-4-20(19)29-24(22)30)28-18-11-7-15(8-12-18)21-13-26-14-27-21/h1-14,29-30H,(H,26,27). The van der Waals surface area contributed by atoms with Crippen molar-refractivity contribution < 1.29 is 5.11 Å². The van der Waals surface area contributed by atoms with Gasteiger partial charge in [-0.15, -0.1) is 0 Å². The van der Waals surface area contributed by atoms with Gasteiger partial charge in [-0.25, -0.2) is 9.98 Å². The second-order valence-corrected chi connectivity index (χ2v) is 7.79. The minimum atomic E-state index is 0.104. The first kappa shape index (κ1) is 18.4. The number of nitrogens with zero attached hydrogens (tertiary/aromatic N) is 2. The number of nitrogens with one attached hydrogen (secondary N) is 2. The molecule has 0 radical (unpaired) electrons. The van der Waals surface area contributed by atoms with E-state index in [0.717, 1.165) is 37.9 Å². The second kappa shape index (κ2) is 7.65. The van der Waals surface area contributed by atoms with E-state index in [0.29, 0.717) is 11.3 Å². The number of imidazole rings is 1. The van der Waals surface area contributed by atoms with Crippen LogP contribution in [0.3, 0.4) is 0 Å². The summed E-state index contributed by atoms with van der Waals surface area (Å²) in [5, 5.41) is 11.6. The first-order chi connectivity index (χ1) is 14.7. The van der Waals surface area contributed by atoms with Crippen LogP contribution in [0.1, 0.15) is 11.1 Å². The van der Waals surface area contributed by atoms with Gasteiger partial charge in [-0.05, 0) is 35.9 Å². The van der Waals surface area contributed by atoms with Gasteiger partial charge in [-0.1, -0.05) is 58.4 Å². The van der Waals surface area contributed by atoms with Crippen LogP contribution in [0.4, 0.5) is 5.69 Å². The van der Waals surface area contributed by atoms with Crippen molar-refractivity contribution in [1.29, 1.82) is 0 Å². The summed E-state index contributed by atoms with van der Waals surface area (Å²) in [6.45, 7) is 0. The molecule has 2 heterocycles. The molecule has 0 aliphatic heterocycles. The van der Waals surface area contributed by atoms with Crippen LogP contribution in [0.15, 0.2) is 94.8 Å². The van der Waals surface area contributed by atoms with Gasteiger partial charge in [0, 0.05) is 20.9 Å². The summed E-state index contributed by atoms with van der Waals surface area (Å²) in [5.41, 5.74) is 5.94. The van der Waals surface area contributed by atoms with Crippen LogP contribution in [0.25, 0.3) is 22.2 Å². The molecule has 0 bridgehead atoms. The number of aromatic amines is 2. The van der Waals surface area contributed by atoms with E-state index in [1.165, 1.54) is 0 Å². The molecule has 0 fully saturated rings. The van der Waals surface area contributed by atoms with Crippen molar-refractivity contribution >= 4 is 38.2 Å². The summed E-state index contributed by atoms with van der Waals surface area (Å²) in [7, 11) is 0. The van der Waals surface area contributed by atoms with Gasteiger partial charge in [0.25, 0.3) is 0 Å². The Hall–Kier alpha value is -3.64. The molecular weight excluding hydrogens is 440 g/mol. The van der Waals surface area contributed by atoms with Gasteiger partial charge in [0.2, 0.25) is 0 Å². The van der Waals surface area contributed by atoms with Gasteiger partial charge >= 0.3 is 0 Å². The summed E-state index contributed by atoms with van der Waals surface area (Å²) >= 11 is 3.49. The van der Waals surface area contributed by atoms with Gasteiger partial charge in [-0.2, -0.15) is 0 Å². The number of benzene rings is 3. The lowest BCUT2D eigenvalue weighted by Gasteiger charge is -2.08. The third-order valence-corrected chi connectivity index (χ3v) is 5.49. The lowest BCUT2D eigenvalue weighted by Crippen LogP contribution is -2.03. The molecule has 5 nitrogen and oxygen atoms in total. The van der Waals surface area contributed by atoms with Gasteiger partial charge in [0.1, 0.15) is 0 Å². The molecule has 2 aromatic heterocycles. The highest BCUT2D eigenvalue weighted by Gasteiger charge is 2.18. The van der Waals surface area contributed by atoms with Crippen molar-refractivity contribution in [2.75, 3.05) is 0 Å². The summed E-state index contributed by atoms with van der Waals surface area (Å²) in [6, 6.07) is 23.7. The number of aliphatic imine (C=N–C) groups is 1. The summed E-state index contributed by atoms with van der Waals surface area (Å²) in [4.78, 5) is 15.2. The van der Waals surface area contributed by atoms with Gasteiger partial charge in [0.05, 0.1) is 35.2 Å². The second-order valence-electron chi connectivity index (χ2n) is 6.87. The minimum Gasteiger partial charge on any atom is -0.494 e. The number of hydrogen-bond acceptors (Lipinski definition) is 3. The molecule has 30 heavy (non-hydrogen) atoms. The van der Waals surface area contributed by atoms with E-state index in [1.807, 2.05) is 72.8 Å². The first-order valence-electron chi connectivity index (χ1n) is 9.42. The third-order valence-electron chi connectivity index (χ3n) is 4.96. The normalized spacial score (nSPS) is 11.8. The Kier molecular flexibility index (Phi) is 4.69. The third kappa shape index (κ3) is 3.42. The molecule has 3 N–H and O–H groups in total. The molecule has 0 saturated carbocycles. The number of aromatic nitrogens is 3. The Labute approximate surface area is 181 Å². The topological polar surface area (TPSA) is 77.1 Å². The maximum absolute atomic E-state index is 10.7. The van der Waals surface area contributed by atoms with E-state index in [1.54, 1.807) is 12.5 Å². The van der Waals surface area contributed by atoms with Crippen LogP contribution < -0.4 is 0 Å². The summed E-state index contributed by atoms with van der Waals surface area (Å²) in [5.74, 6) is 0.104. The summed E-state index contributed by atoms with van der Waals surface area (Å²) in [6.07, 6.45) is 3.45. The van der Waals surface area contributed by atoms with Crippen molar-refractivity contribution in [2.24, 2.45) is 4.99 Å². The maximum atomic E-state index is 10.7. The number of H-pyrrole nitrogens is 2. The van der Waals surface area contributed by atoms with Crippen LogP contribution in [-0.2, 0) is 0 Å². The molecule has 0 saturated heterocycles. The molecule has 0 amide bonds. The van der Waals surface area contributed by atoms with E-state index in [4.69, 9.17) is 4.99 Å². The fraction of sp³-hybridized carbons (Fsp3) is 0. The molecular formula is C24H17BrN4O. The number of fused-ring (bicyclic) bond motifs is 1. The number of rotatable bonds is 4.